The van der Waals surface area contributed by atoms with E-state index in [9.17, 15) is 0 Å². The fourth-order valence-electron chi connectivity index (χ4n) is 2.20. The number of nitrogens with zero attached hydrogens (tertiary/aromatic N) is 2. The molecule has 3 aliphatic rings. The zero-order valence-electron chi connectivity index (χ0n) is 8.90. The van der Waals surface area contributed by atoms with Crippen LogP contribution in [-0.2, 0) is 4.84 Å². The maximum Gasteiger partial charge on any atom is 0.143 e. The molecule has 3 rings (SSSR count). The second kappa shape index (κ2) is 4.99. The van der Waals surface area contributed by atoms with E-state index in [2.05, 4.69) is 10.1 Å². The molecule has 1 atom stereocenters. The Kier molecular flexibility index (Phi) is 4.20. The highest BCUT2D eigenvalue weighted by atomic mass is 35.5. The Balaban J connectivity index is 0.000000980. The third-order valence-corrected chi connectivity index (χ3v) is 2.97. The Labute approximate surface area is 91.9 Å². The van der Waals surface area contributed by atoms with Gasteiger partial charge in [0.15, 0.2) is 0 Å². The lowest BCUT2D eigenvalue weighted by Crippen LogP contribution is -2.50. The van der Waals surface area contributed by atoms with Gasteiger partial charge in [-0.3, -0.25) is 4.90 Å². The van der Waals surface area contributed by atoms with Gasteiger partial charge in [-0.05, 0) is 39.8 Å². The standard InChI is InChI=1S/C10H18N2O.ClH/c1-8(2)11-13-10-7-12-5-3-9(10)4-6-12;/h9-10H,3-7H2,1-2H3;1H. The maximum absolute atomic E-state index is 5.52. The zero-order chi connectivity index (χ0) is 9.26. The van der Waals surface area contributed by atoms with Crippen LogP contribution in [0.4, 0.5) is 0 Å². The molecule has 82 valence electrons. The summed E-state index contributed by atoms with van der Waals surface area (Å²) in [5.41, 5.74) is 1.01. The van der Waals surface area contributed by atoms with E-state index < -0.39 is 0 Å². The lowest BCUT2D eigenvalue weighted by molar-refractivity contribution is -0.0681. The number of fused-ring (bicyclic) bond motifs is 3. The Morgan fingerprint density at radius 1 is 1.29 bits per heavy atom. The summed E-state index contributed by atoms with van der Waals surface area (Å²) in [5, 5.41) is 4.06. The minimum Gasteiger partial charge on any atom is -0.391 e. The molecule has 4 heteroatoms. The van der Waals surface area contributed by atoms with Gasteiger partial charge in [0.05, 0.1) is 5.71 Å². The van der Waals surface area contributed by atoms with E-state index in [1.165, 1.54) is 25.9 Å². The molecule has 0 aromatic heterocycles. The molecule has 0 spiro atoms. The smallest absolute Gasteiger partial charge is 0.143 e. The molecule has 0 aromatic carbocycles. The largest absolute Gasteiger partial charge is 0.391 e. The first-order valence-corrected chi connectivity index (χ1v) is 5.15. The summed E-state index contributed by atoms with van der Waals surface area (Å²) in [5.74, 6) is 0.757. The normalized spacial score (nSPS) is 34.6. The fourth-order valence-corrected chi connectivity index (χ4v) is 2.20. The van der Waals surface area contributed by atoms with E-state index in [0.717, 1.165) is 18.2 Å². The van der Waals surface area contributed by atoms with Crippen LogP contribution >= 0.6 is 12.4 Å². The molecule has 0 amide bonds. The first-order chi connectivity index (χ1) is 6.25. The molecule has 3 fully saturated rings. The van der Waals surface area contributed by atoms with E-state index in [-0.39, 0.29) is 12.4 Å². The van der Waals surface area contributed by atoms with Crippen LogP contribution in [0.3, 0.4) is 0 Å². The minimum absolute atomic E-state index is 0. The molecule has 0 aliphatic carbocycles. The fraction of sp³-hybridized carbons (Fsp3) is 0.900. The molecule has 3 heterocycles. The van der Waals surface area contributed by atoms with Crippen molar-refractivity contribution in [3.63, 3.8) is 0 Å². The van der Waals surface area contributed by atoms with Crippen LogP contribution in [0.5, 0.6) is 0 Å². The Morgan fingerprint density at radius 3 is 2.36 bits per heavy atom. The molecule has 0 saturated carbocycles. The number of hydrogen-bond donors (Lipinski definition) is 0. The van der Waals surface area contributed by atoms with Gasteiger partial charge in [0.25, 0.3) is 0 Å². The van der Waals surface area contributed by atoms with Crippen LogP contribution in [0, 0.1) is 5.92 Å². The summed E-state index contributed by atoms with van der Waals surface area (Å²) in [6.45, 7) is 7.56. The van der Waals surface area contributed by atoms with Gasteiger partial charge in [-0.1, -0.05) is 5.16 Å². The van der Waals surface area contributed by atoms with Gasteiger partial charge < -0.3 is 4.84 Å². The maximum atomic E-state index is 5.52. The first-order valence-electron chi connectivity index (χ1n) is 5.15. The zero-order valence-corrected chi connectivity index (χ0v) is 9.72. The molecule has 3 saturated heterocycles. The summed E-state index contributed by atoms with van der Waals surface area (Å²) < 4.78 is 0. The van der Waals surface area contributed by atoms with Crippen LogP contribution in [0.2, 0.25) is 0 Å². The molecular weight excluding hydrogens is 200 g/mol. The van der Waals surface area contributed by atoms with Gasteiger partial charge >= 0.3 is 0 Å². The van der Waals surface area contributed by atoms with Crippen molar-refractivity contribution in [2.45, 2.75) is 32.8 Å². The lowest BCUT2D eigenvalue weighted by Gasteiger charge is -2.43. The summed E-state index contributed by atoms with van der Waals surface area (Å²) in [7, 11) is 0. The third-order valence-electron chi connectivity index (χ3n) is 2.97. The molecular formula is C10H19ClN2O. The van der Waals surface area contributed by atoms with Crippen molar-refractivity contribution >= 4 is 18.1 Å². The summed E-state index contributed by atoms with van der Waals surface area (Å²) in [6.07, 6.45) is 2.95. The molecule has 2 bridgehead atoms. The number of oxime groups is 1. The number of halogens is 1. The Morgan fingerprint density at radius 2 is 1.93 bits per heavy atom. The van der Waals surface area contributed by atoms with Gasteiger partial charge in [-0.25, -0.2) is 0 Å². The van der Waals surface area contributed by atoms with Crippen molar-refractivity contribution in [1.29, 1.82) is 0 Å². The average Bonchev–Trinajstić information content (AvgIpc) is 2.17. The topological polar surface area (TPSA) is 24.8 Å². The van der Waals surface area contributed by atoms with Gasteiger partial charge in [-0.2, -0.15) is 0 Å². The second-order valence-electron chi connectivity index (χ2n) is 4.32. The van der Waals surface area contributed by atoms with Gasteiger partial charge in [0.1, 0.15) is 6.10 Å². The monoisotopic (exact) mass is 218 g/mol. The predicted molar refractivity (Wildman–Crippen MR) is 60.1 cm³/mol. The lowest BCUT2D eigenvalue weighted by atomic mass is 9.86. The molecule has 14 heavy (non-hydrogen) atoms. The van der Waals surface area contributed by atoms with Crippen LogP contribution in [0.1, 0.15) is 26.7 Å². The SMILES string of the molecule is CC(C)=NOC1CN2CCC1CC2.Cl. The van der Waals surface area contributed by atoms with Crippen molar-refractivity contribution < 1.29 is 4.84 Å². The summed E-state index contributed by atoms with van der Waals surface area (Å²) in [4.78, 5) is 8.00. The number of piperidine rings is 3. The van der Waals surface area contributed by atoms with Gasteiger partial charge in [0, 0.05) is 12.5 Å². The highest BCUT2D eigenvalue weighted by Crippen LogP contribution is 2.29. The van der Waals surface area contributed by atoms with Crippen molar-refractivity contribution in [1.82, 2.24) is 4.90 Å². The minimum atomic E-state index is 0. The van der Waals surface area contributed by atoms with Crippen molar-refractivity contribution in [3.05, 3.63) is 0 Å². The van der Waals surface area contributed by atoms with Crippen molar-refractivity contribution in [3.8, 4) is 0 Å². The highest BCUT2D eigenvalue weighted by Gasteiger charge is 2.35. The molecule has 3 nitrogen and oxygen atoms in total. The molecule has 0 aromatic rings. The molecule has 0 radical (unpaired) electrons. The van der Waals surface area contributed by atoms with Crippen LogP contribution in [0.15, 0.2) is 5.16 Å². The quantitative estimate of drug-likeness (QED) is 0.523. The number of hydrogen-bond acceptors (Lipinski definition) is 3. The Hall–Kier alpha value is -0.280. The predicted octanol–water partition coefficient (Wildman–Crippen LogP) is 1.91. The van der Waals surface area contributed by atoms with E-state index in [4.69, 9.17) is 4.84 Å². The van der Waals surface area contributed by atoms with Crippen LogP contribution < -0.4 is 0 Å². The van der Waals surface area contributed by atoms with Gasteiger partial charge in [0.2, 0.25) is 0 Å². The van der Waals surface area contributed by atoms with Crippen molar-refractivity contribution in [2.75, 3.05) is 19.6 Å². The highest BCUT2D eigenvalue weighted by molar-refractivity contribution is 5.85. The summed E-state index contributed by atoms with van der Waals surface area (Å²) >= 11 is 0. The van der Waals surface area contributed by atoms with E-state index in [1.807, 2.05) is 13.8 Å². The van der Waals surface area contributed by atoms with Crippen LogP contribution in [0.25, 0.3) is 0 Å². The van der Waals surface area contributed by atoms with Gasteiger partial charge in [-0.15, -0.1) is 12.4 Å². The molecule has 1 unspecified atom stereocenters. The van der Waals surface area contributed by atoms with E-state index in [0.29, 0.717) is 6.10 Å². The summed E-state index contributed by atoms with van der Waals surface area (Å²) in [6, 6.07) is 0. The van der Waals surface area contributed by atoms with Crippen molar-refractivity contribution in [2.24, 2.45) is 11.1 Å². The van der Waals surface area contributed by atoms with E-state index in [1.54, 1.807) is 0 Å². The number of rotatable bonds is 2. The average molecular weight is 219 g/mol. The first kappa shape index (κ1) is 11.8. The molecule has 0 N–H and O–H groups in total. The molecule has 3 aliphatic heterocycles. The van der Waals surface area contributed by atoms with Crippen LogP contribution in [-0.4, -0.2) is 36.3 Å². The third kappa shape index (κ3) is 2.61. The second-order valence-corrected chi connectivity index (χ2v) is 4.32. The van der Waals surface area contributed by atoms with E-state index >= 15 is 0 Å². The Bertz CT molecular complexity index is 208.